The van der Waals surface area contributed by atoms with Gasteiger partial charge in [-0.25, -0.2) is 23.9 Å². The Balaban J connectivity index is 1.50. The second kappa shape index (κ2) is 12.8. The molecule has 0 spiro atoms. The molecule has 41 heavy (non-hydrogen) atoms. The van der Waals surface area contributed by atoms with Crippen LogP contribution in [0.3, 0.4) is 0 Å². The molecule has 1 saturated carbocycles. The highest BCUT2D eigenvalue weighted by molar-refractivity contribution is 6.31. The van der Waals surface area contributed by atoms with E-state index in [9.17, 15) is 14.0 Å². The summed E-state index contributed by atoms with van der Waals surface area (Å²) < 4.78 is 36.8. The fraction of sp³-hybridized carbons (Fsp3) is 0.448. The lowest BCUT2D eigenvalue weighted by Gasteiger charge is -2.33. The van der Waals surface area contributed by atoms with Gasteiger partial charge in [-0.3, -0.25) is 0 Å². The van der Waals surface area contributed by atoms with E-state index in [0.717, 1.165) is 0 Å². The zero-order chi connectivity index (χ0) is 29.7. The number of benzene rings is 2. The largest absolute Gasteiger partial charge is 0.493 e. The summed E-state index contributed by atoms with van der Waals surface area (Å²) in [5.74, 6) is 0.0785. The van der Waals surface area contributed by atoms with Gasteiger partial charge in [0.2, 0.25) is 0 Å². The molecule has 1 aliphatic rings. The number of fused-ring (bicyclic) bond motifs is 1. The molecule has 1 aromatic heterocycles. The van der Waals surface area contributed by atoms with Gasteiger partial charge in [-0.1, -0.05) is 17.7 Å². The van der Waals surface area contributed by atoms with Gasteiger partial charge in [0, 0.05) is 11.5 Å². The molecule has 1 atom stereocenters. The number of hydrogen-bond donors (Lipinski definition) is 2. The fourth-order valence-corrected chi connectivity index (χ4v) is 4.97. The van der Waals surface area contributed by atoms with Crippen molar-refractivity contribution in [2.75, 3.05) is 19.5 Å². The first-order valence-corrected chi connectivity index (χ1v) is 13.6. The third-order valence-electron chi connectivity index (χ3n) is 6.74. The van der Waals surface area contributed by atoms with Crippen molar-refractivity contribution in [3.8, 4) is 11.5 Å². The molecule has 0 saturated heterocycles. The predicted molar refractivity (Wildman–Crippen MR) is 152 cm³/mol. The monoisotopic (exact) mass is 588 g/mol. The number of ether oxygens (including phenoxy) is 4. The van der Waals surface area contributed by atoms with E-state index in [1.54, 1.807) is 45.0 Å². The molecule has 1 amide bonds. The van der Waals surface area contributed by atoms with Gasteiger partial charge in [-0.05, 0) is 70.6 Å². The molecular weight excluding hydrogens is 555 g/mol. The minimum absolute atomic E-state index is 0.00890. The van der Waals surface area contributed by atoms with Crippen molar-refractivity contribution in [2.24, 2.45) is 5.92 Å². The summed E-state index contributed by atoms with van der Waals surface area (Å²) in [6.45, 7) is 5.26. The molecule has 1 heterocycles. The number of halogens is 2. The number of carbonyl (C=O) groups excluding carboxylic acids is 2. The van der Waals surface area contributed by atoms with E-state index in [-0.39, 0.29) is 22.7 Å². The molecule has 1 unspecified atom stereocenters. The van der Waals surface area contributed by atoms with E-state index < -0.39 is 29.5 Å². The van der Waals surface area contributed by atoms with Crippen LogP contribution >= 0.6 is 11.6 Å². The molecule has 3 aromatic rings. The number of rotatable bonds is 8. The number of hydrogen-bond acceptors (Lipinski definition) is 9. The van der Waals surface area contributed by atoms with Crippen LogP contribution in [0.15, 0.2) is 36.7 Å². The van der Waals surface area contributed by atoms with Gasteiger partial charge >= 0.3 is 12.1 Å². The number of alkyl carbamates (subject to hydrolysis) is 1. The van der Waals surface area contributed by atoms with E-state index in [4.69, 9.17) is 30.5 Å². The van der Waals surface area contributed by atoms with Crippen molar-refractivity contribution in [2.45, 2.75) is 64.2 Å². The lowest BCUT2D eigenvalue weighted by atomic mass is 9.82. The molecule has 12 heteroatoms. The van der Waals surface area contributed by atoms with Crippen LogP contribution in [0.25, 0.3) is 10.9 Å². The van der Waals surface area contributed by atoms with Crippen molar-refractivity contribution in [3.63, 3.8) is 0 Å². The number of aromatic nitrogens is 2. The van der Waals surface area contributed by atoms with Crippen LogP contribution in [0.4, 0.5) is 20.7 Å². The molecule has 0 aliphatic heterocycles. The molecule has 1 fully saturated rings. The van der Waals surface area contributed by atoms with E-state index in [2.05, 4.69) is 20.6 Å². The third kappa shape index (κ3) is 7.46. The van der Waals surface area contributed by atoms with Crippen molar-refractivity contribution in [1.29, 1.82) is 0 Å². The minimum atomic E-state index is -0.830. The molecule has 0 bridgehead atoms. The smallest absolute Gasteiger partial charge is 0.408 e. The number of nitrogens with zero attached hydrogens (tertiary/aromatic N) is 2. The molecule has 2 aromatic carbocycles. The number of nitrogens with one attached hydrogen (secondary N) is 2. The average molecular weight is 589 g/mol. The van der Waals surface area contributed by atoms with Gasteiger partial charge in [-0.15, -0.1) is 0 Å². The summed E-state index contributed by atoms with van der Waals surface area (Å²) >= 11 is 5.94. The highest BCUT2D eigenvalue weighted by Crippen LogP contribution is 2.38. The summed E-state index contributed by atoms with van der Waals surface area (Å²) in [6.07, 6.45) is 3.00. The maximum atomic E-state index is 14.6. The standard InChI is InChI=1S/C29H34ClFN4O6/c1-29(2,3)41-28(37)35-25(27(36)39-5)16-9-11-17(12-10-16)40-23-13-18-21(14-22(23)38-4)32-15-33-26(18)34-20-8-6-7-19(30)24(20)31/h6-8,13-17,25H,9-12H2,1-5H3,(H,35,37)(H,32,33,34). The van der Waals surface area contributed by atoms with Crippen LogP contribution in [0.5, 0.6) is 11.5 Å². The Morgan fingerprint density at radius 1 is 1.07 bits per heavy atom. The van der Waals surface area contributed by atoms with Crippen molar-refractivity contribution in [3.05, 3.63) is 47.5 Å². The lowest BCUT2D eigenvalue weighted by Crippen LogP contribution is -2.49. The lowest BCUT2D eigenvalue weighted by molar-refractivity contribution is -0.145. The average Bonchev–Trinajstić information content (AvgIpc) is 2.93. The van der Waals surface area contributed by atoms with Crippen LogP contribution in [-0.4, -0.2) is 54.0 Å². The summed E-state index contributed by atoms with van der Waals surface area (Å²) in [4.78, 5) is 33.5. The van der Waals surface area contributed by atoms with Gasteiger partial charge in [0.05, 0.1) is 36.6 Å². The number of methoxy groups -OCH3 is 2. The minimum Gasteiger partial charge on any atom is -0.493 e. The number of anilines is 2. The summed E-state index contributed by atoms with van der Waals surface area (Å²) in [5, 5.41) is 6.26. The SMILES string of the molecule is COC(=O)C(NC(=O)OC(C)(C)C)C1CCC(Oc2cc3c(Nc4cccc(Cl)c4F)ncnc3cc2OC)CC1. The van der Waals surface area contributed by atoms with E-state index in [1.165, 1.54) is 26.6 Å². The van der Waals surface area contributed by atoms with E-state index in [0.29, 0.717) is 53.9 Å². The molecule has 220 valence electrons. The van der Waals surface area contributed by atoms with Crippen LogP contribution in [0.2, 0.25) is 5.02 Å². The highest BCUT2D eigenvalue weighted by Gasteiger charge is 2.36. The number of amides is 1. The van der Waals surface area contributed by atoms with Crippen LogP contribution in [0.1, 0.15) is 46.5 Å². The Hall–Kier alpha value is -3.86. The third-order valence-corrected chi connectivity index (χ3v) is 7.03. The normalized spacial score (nSPS) is 17.8. The quantitative estimate of drug-likeness (QED) is 0.297. The van der Waals surface area contributed by atoms with E-state index >= 15 is 0 Å². The predicted octanol–water partition coefficient (Wildman–Crippen LogP) is 6.18. The maximum Gasteiger partial charge on any atom is 0.408 e. The Bertz CT molecular complexity index is 1410. The summed E-state index contributed by atoms with van der Waals surface area (Å²) in [6, 6.07) is 7.32. The van der Waals surface area contributed by atoms with Crippen LogP contribution in [-0.2, 0) is 14.3 Å². The topological polar surface area (TPSA) is 121 Å². The second-order valence-electron chi connectivity index (χ2n) is 10.8. The van der Waals surface area contributed by atoms with Gasteiger partial charge in [0.15, 0.2) is 17.3 Å². The Morgan fingerprint density at radius 2 is 1.80 bits per heavy atom. The Morgan fingerprint density at radius 3 is 2.46 bits per heavy atom. The van der Waals surface area contributed by atoms with Crippen molar-refractivity contribution in [1.82, 2.24) is 15.3 Å². The first kappa shape index (κ1) is 30.1. The van der Waals surface area contributed by atoms with Gasteiger partial charge in [-0.2, -0.15) is 0 Å². The van der Waals surface area contributed by atoms with E-state index in [1.807, 2.05) is 0 Å². The van der Waals surface area contributed by atoms with Gasteiger partial charge < -0.3 is 29.6 Å². The first-order valence-electron chi connectivity index (χ1n) is 13.3. The molecule has 2 N–H and O–H groups in total. The molecule has 4 rings (SSSR count). The van der Waals surface area contributed by atoms with Gasteiger partial charge in [0.1, 0.15) is 23.8 Å². The molecule has 1 aliphatic carbocycles. The number of carbonyl (C=O) groups is 2. The number of esters is 1. The Labute approximate surface area is 242 Å². The highest BCUT2D eigenvalue weighted by atomic mass is 35.5. The molecular formula is C29H34ClFN4O6. The molecule has 10 nitrogen and oxygen atoms in total. The Kier molecular flexibility index (Phi) is 9.37. The van der Waals surface area contributed by atoms with Crippen LogP contribution in [0, 0.1) is 11.7 Å². The first-order chi connectivity index (χ1) is 19.5. The second-order valence-corrected chi connectivity index (χ2v) is 11.2. The van der Waals surface area contributed by atoms with Gasteiger partial charge in [0.25, 0.3) is 0 Å². The van der Waals surface area contributed by atoms with Crippen LogP contribution < -0.4 is 20.1 Å². The maximum absolute atomic E-state index is 14.6. The molecule has 0 radical (unpaired) electrons. The fourth-order valence-electron chi connectivity index (χ4n) is 4.79. The summed E-state index contributed by atoms with van der Waals surface area (Å²) in [5.41, 5.74) is 0.0546. The van der Waals surface area contributed by atoms with Crippen molar-refractivity contribution < 1.29 is 32.9 Å². The zero-order valence-electron chi connectivity index (χ0n) is 23.6. The van der Waals surface area contributed by atoms with Crippen molar-refractivity contribution >= 4 is 46.1 Å². The summed E-state index contributed by atoms with van der Waals surface area (Å²) in [7, 11) is 2.83. The zero-order valence-corrected chi connectivity index (χ0v) is 24.4.